The van der Waals surface area contributed by atoms with Crippen LogP contribution in [-0.2, 0) is 16.0 Å². The van der Waals surface area contributed by atoms with Crippen LogP contribution in [-0.4, -0.2) is 18.5 Å². The van der Waals surface area contributed by atoms with Crippen LogP contribution in [0.1, 0.15) is 24.8 Å². The van der Waals surface area contributed by atoms with Crippen LogP contribution in [0.25, 0.3) is 0 Å². The van der Waals surface area contributed by atoms with E-state index in [4.69, 9.17) is 4.74 Å². The molecule has 1 aromatic rings. The number of benzene rings is 1. The number of rotatable bonds is 3. The highest BCUT2D eigenvalue weighted by molar-refractivity contribution is 5.85. The van der Waals surface area contributed by atoms with Gasteiger partial charge < -0.3 is 4.74 Å². The van der Waals surface area contributed by atoms with Crippen LogP contribution in [0, 0.1) is 11.6 Å². The van der Waals surface area contributed by atoms with Gasteiger partial charge in [0.1, 0.15) is 17.7 Å². The van der Waals surface area contributed by atoms with E-state index >= 15 is 0 Å². The summed E-state index contributed by atoms with van der Waals surface area (Å²) in [5.74, 6) is -1.41. The largest absolute Gasteiger partial charge is 0.370 e. The maximum Gasteiger partial charge on any atom is 0.165 e. The van der Waals surface area contributed by atoms with Crippen LogP contribution in [0.3, 0.4) is 0 Å². The number of Topliss-reactive ketones (excluding diaryl/α,β-unsaturated/α-hetero) is 1. The Bertz CT molecular complexity index is 392. The molecule has 2 rings (SSSR count). The SMILES string of the molecule is O=C(Cc1cc(F)cc(F)c1)C1CCCCO1. The summed E-state index contributed by atoms with van der Waals surface area (Å²) in [6, 6.07) is 3.17. The molecule has 1 aromatic carbocycles. The lowest BCUT2D eigenvalue weighted by atomic mass is 10.00. The zero-order valence-electron chi connectivity index (χ0n) is 9.42. The predicted octanol–water partition coefficient (Wildman–Crippen LogP) is 2.65. The van der Waals surface area contributed by atoms with Gasteiger partial charge in [-0.2, -0.15) is 0 Å². The third kappa shape index (κ3) is 3.33. The smallest absolute Gasteiger partial charge is 0.165 e. The van der Waals surface area contributed by atoms with E-state index in [0.717, 1.165) is 18.9 Å². The van der Waals surface area contributed by atoms with Crippen LogP contribution in [0.2, 0.25) is 0 Å². The zero-order chi connectivity index (χ0) is 12.3. The van der Waals surface area contributed by atoms with E-state index in [0.29, 0.717) is 18.6 Å². The van der Waals surface area contributed by atoms with E-state index in [2.05, 4.69) is 0 Å². The second kappa shape index (κ2) is 5.36. The average Bonchev–Trinajstić information content (AvgIpc) is 2.28. The highest BCUT2D eigenvalue weighted by Crippen LogP contribution is 2.16. The van der Waals surface area contributed by atoms with Crippen molar-refractivity contribution in [3.8, 4) is 0 Å². The minimum absolute atomic E-state index is 0.0271. The van der Waals surface area contributed by atoms with Crippen molar-refractivity contribution in [2.75, 3.05) is 6.61 Å². The van der Waals surface area contributed by atoms with Crippen molar-refractivity contribution in [2.45, 2.75) is 31.8 Å². The third-order valence-corrected chi connectivity index (χ3v) is 2.84. The summed E-state index contributed by atoms with van der Waals surface area (Å²) in [4.78, 5) is 11.8. The van der Waals surface area contributed by atoms with E-state index in [9.17, 15) is 13.6 Å². The first-order valence-corrected chi connectivity index (χ1v) is 5.74. The Morgan fingerprint density at radius 2 is 1.94 bits per heavy atom. The normalized spacial score (nSPS) is 20.2. The van der Waals surface area contributed by atoms with Gasteiger partial charge in [-0.25, -0.2) is 8.78 Å². The lowest BCUT2D eigenvalue weighted by Crippen LogP contribution is -2.29. The summed E-state index contributed by atoms with van der Waals surface area (Å²) in [7, 11) is 0. The Hall–Kier alpha value is -1.29. The summed E-state index contributed by atoms with van der Waals surface area (Å²) in [5, 5.41) is 0. The summed E-state index contributed by atoms with van der Waals surface area (Å²) in [5.41, 5.74) is 0.363. The quantitative estimate of drug-likeness (QED) is 0.811. The van der Waals surface area contributed by atoms with E-state index in [1.54, 1.807) is 0 Å². The first kappa shape index (κ1) is 12.2. The van der Waals surface area contributed by atoms with E-state index in [-0.39, 0.29) is 12.2 Å². The predicted molar refractivity (Wildman–Crippen MR) is 58.7 cm³/mol. The molecule has 1 aliphatic heterocycles. The van der Waals surface area contributed by atoms with E-state index in [1.165, 1.54) is 12.1 Å². The molecule has 1 aliphatic rings. The third-order valence-electron chi connectivity index (χ3n) is 2.84. The van der Waals surface area contributed by atoms with Gasteiger partial charge in [0.25, 0.3) is 0 Å². The molecule has 17 heavy (non-hydrogen) atoms. The number of hydrogen-bond donors (Lipinski definition) is 0. The maximum absolute atomic E-state index is 12.9. The molecule has 1 fully saturated rings. The molecule has 0 bridgehead atoms. The van der Waals surface area contributed by atoms with Gasteiger partial charge in [0.2, 0.25) is 0 Å². The van der Waals surface area contributed by atoms with Gasteiger partial charge in [-0.05, 0) is 37.0 Å². The van der Waals surface area contributed by atoms with Crippen molar-refractivity contribution in [1.29, 1.82) is 0 Å². The molecule has 0 spiro atoms. The maximum atomic E-state index is 12.9. The Kier molecular flexibility index (Phi) is 3.84. The Morgan fingerprint density at radius 3 is 2.53 bits per heavy atom. The molecule has 92 valence electrons. The summed E-state index contributed by atoms with van der Waals surface area (Å²) < 4.78 is 31.2. The Balaban J connectivity index is 2.01. The fraction of sp³-hybridized carbons (Fsp3) is 0.462. The van der Waals surface area contributed by atoms with Gasteiger partial charge in [0.05, 0.1) is 0 Å². The number of ether oxygens (including phenoxy) is 1. The summed E-state index contributed by atoms with van der Waals surface area (Å²) >= 11 is 0. The van der Waals surface area contributed by atoms with Gasteiger partial charge in [-0.15, -0.1) is 0 Å². The van der Waals surface area contributed by atoms with Gasteiger partial charge in [0, 0.05) is 19.1 Å². The van der Waals surface area contributed by atoms with E-state index in [1.807, 2.05) is 0 Å². The minimum Gasteiger partial charge on any atom is -0.370 e. The van der Waals surface area contributed by atoms with Crippen LogP contribution >= 0.6 is 0 Å². The molecule has 0 amide bonds. The number of halogens is 2. The van der Waals surface area contributed by atoms with Gasteiger partial charge in [-0.3, -0.25) is 4.79 Å². The molecule has 1 heterocycles. The fourth-order valence-corrected chi connectivity index (χ4v) is 2.02. The molecular formula is C13H14F2O2. The van der Waals surface area contributed by atoms with Crippen LogP contribution < -0.4 is 0 Å². The molecule has 0 aliphatic carbocycles. The van der Waals surface area contributed by atoms with Crippen molar-refractivity contribution < 1.29 is 18.3 Å². The minimum atomic E-state index is -0.655. The molecule has 1 unspecified atom stereocenters. The lowest BCUT2D eigenvalue weighted by Gasteiger charge is -2.21. The summed E-state index contributed by atoms with van der Waals surface area (Å²) in [6.07, 6.45) is 2.26. The van der Waals surface area contributed by atoms with E-state index < -0.39 is 17.7 Å². The molecule has 0 N–H and O–H groups in total. The molecule has 0 radical (unpaired) electrons. The van der Waals surface area contributed by atoms with Crippen LogP contribution in [0.15, 0.2) is 18.2 Å². The van der Waals surface area contributed by atoms with Crippen molar-refractivity contribution in [3.05, 3.63) is 35.4 Å². The van der Waals surface area contributed by atoms with Crippen LogP contribution in [0.4, 0.5) is 8.78 Å². The molecule has 1 atom stereocenters. The van der Waals surface area contributed by atoms with Crippen molar-refractivity contribution in [2.24, 2.45) is 0 Å². The number of carbonyl (C=O) groups excluding carboxylic acids is 1. The monoisotopic (exact) mass is 240 g/mol. The van der Waals surface area contributed by atoms with Crippen LogP contribution in [0.5, 0.6) is 0 Å². The van der Waals surface area contributed by atoms with Crippen molar-refractivity contribution >= 4 is 5.78 Å². The Labute approximate surface area is 98.6 Å². The second-order valence-electron chi connectivity index (χ2n) is 4.28. The molecule has 4 heteroatoms. The molecule has 1 saturated heterocycles. The first-order valence-electron chi connectivity index (χ1n) is 5.74. The van der Waals surface area contributed by atoms with Gasteiger partial charge in [-0.1, -0.05) is 0 Å². The number of ketones is 1. The zero-order valence-corrected chi connectivity index (χ0v) is 9.42. The fourth-order valence-electron chi connectivity index (χ4n) is 2.02. The standard InChI is InChI=1S/C13H14F2O2/c14-10-5-9(6-11(15)8-10)7-12(16)13-3-1-2-4-17-13/h5-6,8,13H,1-4,7H2. The molecule has 0 saturated carbocycles. The van der Waals surface area contributed by atoms with Gasteiger partial charge >= 0.3 is 0 Å². The highest BCUT2D eigenvalue weighted by atomic mass is 19.1. The van der Waals surface area contributed by atoms with Gasteiger partial charge in [0.15, 0.2) is 5.78 Å². The lowest BCUT2D eigenvalue weighted by molar-refractivity contribution is -0.132. The van der Waals surface area contributed by atoms with Crippen molar-refractivity contribution in [3.63, 3.8) is 0 Å². The first-order chi connectivity index (χ1) is 8.15. The highest BCUT2D eigenvalue weighted by Gasteiger charge is 2.22. The van der Waals surface area contributed by atoms with Crippen molar-refractivity contribution in [1.82, 2.24) is 0 Å². The number of carbonyl (C=O) groups is 1. The molecular weight excluding hydrogens is 226 g/mol. The average molecular weight is 240 g/mol. The molecule has 2 nitrogen and oxygen atoms in total. The number of hydrogen-bond acceptors (Lipinski definition) is 2. The topological polar surface area (TPSA) is 26.3 Å². The molecule has 0 aromatic heterocycles. The summed E-state index contributed by atoms with van der Waals surface area (Å²) in [6.45, 7) is 0.591. The second-order valence-corrected chi connectivity index (χ2v) is 4.28. The Morgan fingerprint density at radius 1 is 1.24 bits per heavy atom.